The smallest absolute Gasteiger partial charge is 0.338 e. The molecule has 12 nitrogen and oxygen atoms in total. The fourth-order valence-electron chi connectivity index (χ4n) is 3.54. The average molecular weight is 468 g/mol. The van der Waals surface area contributed by atoms with Crippen LogP contribution < -0.4 is 21.8 Å². The molecule has 0 saturated carbocycles. The number of amides is 2. The van der Waals surface area contributed by atoms with Gasteiger partial charge in [0.25, 0.3) is 11.1 Å². The molecule has 1 aliphatic heterocycles. The number of ether oxygens (including phenoxy) is 2. The maximum absolute atomic E-state index is 12.6. The van der Waals surface area contributed by atoms with Crippen LogP contribution in [0.4, 0.5) is 4.79 Å². The number of fused-ring (bicyclic) bond motifs is 1. The number of urea groups is 1. The van der Waals surface area contributed by atoms with E-state index >= 15 is 0 Å². The third kappa shape index (κ3) is 4.46. The van der Waals surface area contributed by atoms with Gasteiger partial charge in [-0.15, -0.1) is 0 Å². The molecule has 2 amide bonds. The number of nitrogens with zero attached hydrogens (tertiary/aromatic N) is 1. The minimum absolute atomic E-state index is 0.000444. The minimum atomic E-state index is -0.962. The summed E-state index contributed by atoms with van der Waals surface area (Å²) in [6.45, 7) is 0.613. The van der Waals surface area contributed by atoms with Crippen molar-refractivity contribution in [2.24, 2.45) is 0 Å². The highest BCUT2D eigenvalue weighted by Crippen LogP contribution is 2.28. The minimum Gasteiger partial charge on any atom is -0.467 e. The highest BCUT2D eigenvalue weighted by Gasteiger charge is 2.35. The van der Waals surface area contributed by atoms with Crippen LogP contribution in [0.25, 0.3) is 10.8 Å². The molecule has 12 heteroatoms. The summed E-state index contributed by atoms with van der Waals surface area (Å²) in [4.78, 5) is 62.1. The summed E-state index contributed by atoms with van der Waals surface area (Å²) in [5.74, 6) is -1.34. The van der Waals surface area contributed by atoms with Crippen molar-refractivity contribution in [3.8, 4) is 0 Å². The largest absolute Gasteiger partial charge is 0.467 e. The van der Waals surface area contributed by atoms with E-state index < -0.39 is 48.3 Å². The van der Waals surface area contributed by atoms with Gasteiger partial charge in [-0.1, -0.05) is 12.1 Å². The summed E-state index contributed by atoms with van der Waals surface area (Å²) in [5, 5.41) is 7.69. The second kappa shape index (κ2) is 9.48. The van der Waals surface area contributed by atoms with Gasteiger partial charge in [0.15, 0.2) is 0 Å². The molecule has 0 spiro atoms. The molecule has 0 aliphatic carbocycles. The van der Waals surface area contributed by atoms with Crippen LogP contribution in [-0.4, -0.2) is 41.0 Å². The molecule has 1 atom stereocenters. The third-order valence-corrected chi connectivity index (χ3v) is 5.03. The molecule has 1 aromatic carbocycles. The number of nitrogens with one attached hydrogen (secondary N) is 3. The van der Waals surface area contributed by atoms with E-state index in [9.17, 15) is 24.0 Å². The van der Waals surface area contributed by atoms with Crippen LogP contribution in [-0.2, 0) is 25.6 Å². The summed E-state index contributed by atoms with van der Waals surface area (Å²) in [6.07, 6.45) is 1.38. The highest BCUT2D eigenvalue weighted by molar-refractivity contribution is 5.95. The Labute approximate surface area is 191 Å². The summed E-state index contributed by atoms with van der Waals surface area (Å²) in [5.41, 5.74) is -1.12. The van der Waals surface area contributed by atoms with Gasteiger partial charge in [0, 0.05) is 0 Å². The van der Waals surface area contributed by atoms with Crippen LogP contribution in [0, 0.1) is 0 Å². The van der Waals surface area contributed by atoms with Crippen molar-refractivity contribution >= 4 is 28.7 Å². The molecular formula is C22H20N4O8. The lowest BCUT2D eigenvalue weighted by Gasteiger charge is -2.27. The number of aromatic nitrogens is 2. The fraction of sp³-hybridized carbons (Fsp3) is 0.227. The van der Waals surface area contributed by atoms with Gasteiger partial charge in [0.2, 0.25) is 0 Å². The third-order valence-electron chi connectivity index (χ3n) is 5.03. The van der Waals surface area contributed by atoms with Gasteiger partial charge in [-0.05, 0) is 31.2 Å². The molecule has 1 unspecified atom stereocenters. The number of carbonyl (C=O) groups is 3. The fourth-order valence-corrected chi connectivity index (χ4v) is 3.54. The molecule has 0 saturated heterocycles. The van der Waals surface area contributed by atoms with Crippen LogP contribution >= 0.6 is 0 Å². The maximum atomic E-state index is 12.6. The standard InChI is InChI=1S/C22H20N4O8/c1-2-32-21(30)17-14(23-22(31)24-18(17)15-8-5-9-33-15)11-34-16(27)10-26-20(29)13-7-4-3-6-12(13)19(28)25-26/h3-9,18H,2,10-11H2,1H3,(H,25,28)(H2,23,24,31). The number of benzene rings is 1. The van der Waals surface area contributed by atoms with Crippen molar-refractivity contribution in [2.45, 2.75) is 19.5 Å². The Kier molecular flexibility index (Phi) is 6.30. The Morgan fingerprint density at radius 1 is 1.06 bits per heavy atom. The van der Waals surface area contributed by atoms with Crippen LogP contribution in [0.2, 0.25) is 0 Å². The molecule has 2 aromatic heterocycles. The predicted octanol–water partition coefficient (Wildman–Crippen LogP) is 0.697. The van der Waals surface area contributed by atoms with Crippen molar-refractivity contribution in [3.63, 3.8) is 0 Å². The van der Waals surface area contributed by atoms with Gasteiger partial charge in [-0.25, -0.2) is 14.3 Å². The maximum Gasteiger partial charge on any atom is 0.338 e. The average Bonchev–Trinajstić information content (AvgIpc) is 3.36. The zero-order valence-corrected chi connectivity index (χ0v) is 18.0. The molecule has 3 N–H and O–H groups in total. The van der Waals surface area contributed by atoms with E-state index in [1.807, 2.05) is 0 Å². The predicted molar refractivity (Wildman–Crippen MR) is 117 cm³/mol. The van der Waals surface area contributed by atoms with E-state index in [4.69, 9.17) is 13.9 Å². The number of hydrogen-bond acceptors (Lipinski definition) is 8. The summed E-state index contributed by atoms with van der Waals surface area (Å²) >= 11 is 0. The molecule has 4 rings (SSSR count). The monoisotopic (exact) mass is 468 g/mol. The van der Waals surface area contributed by atoms with Gasteiger partial charge in [-0.3, -0.25) is 19.5 Å². The molecule has 1 aliphatic rings. The Balaban J connectivity index is 1.58. The molecule has 3 heterocycles. The molecule has 0 bridgehead atoms. The number of H-pyrrole nitrogens is 1. The number of furan rings is 1. The lowest BCUT2D eigenvalue weighted by Crippen LogP contribution is -2.47. The van der Waals surface area contributed by atoms with E-state index in [2.05, 4.69) is 15.7 Å². The van der Waals surface area contributed by atoms with Crippen LogP contribution in [0.5, 0.6) is 0 Å². The molecular weight excluding hydrogens is 448 g/mol. The van der Waals surface area contributed by atoms with Crippen LogP contribution in [0.15, 0.2) is 67.9 Å². The van der Waals surface area contributed by atoms with Crippen molar-refractivity contribution in [1.29, 1.82) is 0 Å². The van der Waals surface area contributed by atoms with E-state index in [0.29, 0.717) is 0 Å². The first-order chi connectivity index (χ1) is 16.4. The SMILES string of the molecule is CCOC(=O)C1=C(COC(=O)Cn2[nH]c(=O)c3ccccc3c2=O)NC(=O)NC1c1ccco1. The second-order valence-electron chi connectivity index (χ2n) is 7.20. The quantitative estimate of drug-likeness (QED) is 0.427. The van der Waals surface area contributed by atoms with Gasteiger partial charge in [0.05, 0.1) is 34.9 Å². The van der Waals surface area contributed by atoms with Crippen molar-refractivity contribution < 1.29 is 28.3 Å². The van der Waals surface area contributed by atoms with Crippen molar-refractivity contribution in [3.05, 3.63) is 80.4 Å². The number of esters is 2. The van der Waals surface area contributed by atoms with Crippen LogP contribution in [0.3, 0.4) is 0 Å². The molecule has 0 radical (unpaired) electrons. The topological polar surface area (TPSA) is 162 Å². The van der Waals surface area contributed by atoms with Gasteiger partial charge in [0.1, 0.15) is 25.0 Å². The number of carbonyl (C=O) groups excluding carboxylic acids is 3. The van der Waals surface area contributed by atoms with Gasteiger partial charge in [-0.2, -0.15) is 0 Å². The Morgan fingerprint density at radius 3 is 2.53 bits per heavy atom. The molecule has 34 heavy (non-hydrogen) atoms. The first-order valence-corrected chi connectivity index (χ1v) is 10.3. The Bertz CT molecular complexity index is 1400. The zero-order chi connectivity index (χ0) is 24.2. The van der Waals surface area contributed by atoms with Crippen LogP contribution in [0.1, 0.15) is 18.7 Å². The second-order valence-corrected chi connectivity index (χ2v) is 7.20. The lowest BCUT2D eigenvalue weighted by molar-refractivity contribution is -0.144. The summed E-state index contributed by atoms with van der Waals surface area (Å²) in [7, 11) is 0. The van der Waals surface area contributed by atoms with Gasteiger partial charge < -0.3 is 24.5 Å². The molecule has 3 aromatic rings. The summed E-state index contributed by atoms with van der Waals surface area (Å²) in [6, 6.07) is 7.75. The lowest BCUT2D eigenvalue weighted by atomic mass is 10.0. The number of rotatable bonds is 7. The van der Waals surface area contributed by atoms with E-state index in [0.717, 1.165) is 4.68 Å². The first kappa shape index (κ1) is 22.6. The normalized spacial score (nSPS) is 15.6. The van der Waals surface area contributed by atoms with E-state index in [1.165, 1.54) is 18.4 Å². The highest BCUT2D eigenvalue weighted by atomic mass is 16.5. The van der Waals surface area contributed by atoms with Crippen molar-refractivity contribution in [1.82, 2.24) is 20.4 Å². The Hall–Kier alpha value is -4.61. The van der Waals surface area contributed by atoms with E-state index in [-0.39, 0.29) is 34.4 Å². The molecule has 176 valence electrons. The Morgan fingerprint density at radius 2 is 1.82 bits per heavy atom. The zero-order valence-electron chi connectivity index (χ0n) is 18.0. The van der Waals surface area contributed by atoms with E-state index in [1.54, 1.807) is 31.2 Å². The number of hydrogen-bond donors (Lipinski definition) is 3. The number of aromatic amines is 1. The first-order valence-electron chi connectivity index (χ1n) is 10.3. The summed E-state index contributed by atoms with van der Waals surface area (Å²) < 4.78 is 16.5. The van der Waals surface area contributed by atoms with Crippen molar-refractivity contribution in [2.75, 3.05) is 13.2 Å². The van der Waals surface area contributed by atoms with Gasteiger partial charge >= 0.3 is 18.0 Å². The molecule has 0 fully saturated rings.